The van der Waals surface area contributed by atoms with E-state index in [2.05, 4.69) is 6.92 Å². The van der Waals surface area contributed by atoms with Gasteiger partial charge >= 0.3 is 5.97 Å². The minimum absolute atomic E-state index is 0.155. The van der Waals surface area contributed by atoms with Crippen LogP contribution in [0.5, 0.6) is 0 Å². The van der Waals surface area contributed by atoms with Crippen LogP contribution in [0.25, 0.3) is 0 Å². The highest BCUT2D eigenvalue weighted by atomic mass is 16.5. The number of esters is 1. The van der Waals surface area contributed by atoms with Gasteiger partial charge in [0.15, 0.2) is 5.78 Å². The molecule has 0 spiro atoms. The maximum Gasteiger partial charge on any atom is 0.338 e. The molecule has 0 saturated heterocycles. The Morgan fingerprint density at radius 1 is 0.655 bits per heavy atom. The second-order valence-electron chi connectivity index (χ2n) is 7.56. The number of carbonyl (C=O) groups excluding carboxylic acids is 2. The van der Waals surface area contributed by atoms with E-state index in [-0.39, 0.29) is 5.78 Å². The molecule has 3 nitrogen and oxygen atoms in total. The Bertz CT molecular complexity index is 737. The minimum Gasteiger partial charge on any atom is -0.462 e. The first-order valence-corrected chi connectivity index (χ1v) is 11.1. The number of ether oxygens (including phenoxy) is 1. The quantitative estimate of drug-likeness (QED) is 0.197. The van der Waals surface area contributed by atoms with Crippen LogP contribution in [0.15, 0.2) is 54.6 Å². The average molecular weight is 395 g/mol. The van der Waals surface area contributed by atoms with E-state index in [1.165, 1.54) is 51.4 Å². The number of rotatable bonds is 14. The minimum atomic E-state index is -0.416. The predicted octanol–water partition coefficient (Wildman–Crippen LogP) is 7.00. The largest absolute Gasteiger partial charge is 0.462 e. The molecule has 0 heterocycles. The van der Waals surface area contributed by atoms with E-state index >= 15 is 0 Å². The van der Waals surface area contributed by atoms with Crippen LogP contribution in [0.3, 0.4) is 0 Å². The van der Waals surface area contributed by atoms with Gasteiger partial charge in [0.25, 0.3) is 0 Å². The number of hydrogen-bond acceptors (Lipinski definition) is 3. The van der Waals surface area contributed by atoms with Crippen LogP contribution in [0, 0.1) is 0 Å². The van der Waals surface area contributed by atoms with Crippen LogP contribution in [0.4, 0.5) is 0 Å². The van der Waals surface area contributed by atoms with Crippen molar-refractivity contribution in [3.8, 4) is 0 Å². The molecule has 0 amide bonds. The number of hydrogen-bond donors (Lipinski definition) is 0. The second-order valence-corrected chi connectivity index (χ2v) is 7.56. The summed E-state index contributed by atoms with van der Waals surface area (Å²) in [6.07, 6.45) is 12.4. The summed E-state index contributed by atoms with van der Waals surface area (Å²) in [5, 5.41) is 0. The fourth-order valence-corrected chi connectivity index (χ4v) is 3.44. The Labute approximate surface area is 175 Å². The van der Waals surface area contributed by atoms with Crippen molar-refractivity contribution in [1.82, 2.24) is 0 Å². The van der Waals surface area contributed by atoms with Gasteiger partial charge in [0, 0.05) is 11.1 Å². The Balaban J connectivity index is 1.70. The van der Waals surface area contributed by atoms with Crippen molar-refractivity contribution in [1.29, 1.82) is 0 Å². The second kappa shape index (κ2) is 13.7. The number of benzene rings is 2. The molecule has 0 atom stereocenters. The van der Waals surface area contributed by atoms with Crippen LogP contribution in [0.2, 0.25) is 0 Å². The van der Waals surface area contributed by atoms with Gasteiger partial charge in [-0.25, -0.2) is 4.79 Å². The van der Waals surface area contributed by atoms with Gasteiger partial charge in [0.2, 0.25) is 0 Å². The molecule has 0 aromatic heterocycles. The maximum absolute atomic E-state index is 12.7. The lowest BCUT2D eigenvalue weighted by Gasteiger charge is -2.09. The zero-order valence-corrected chi connectivity index (χ0v) is 17.7. The Hall–Kier alpha value is -2.42. The number of carbonyl (C=O) groups is 2. The zero-order chi connectivity index (χ0) is 20.7. The van der Waals surface area contributed by atoms with Crippen LogP contribution < -0.4 is 0 Å². The normalized spacial score (nSPS) is 10.7. The predicted molar refractivity (Wildman–Crippen MR) is 118 cm³/mol. The summed E-state index contributed by atoms with van der Waals surface area (Å²) in [7, 11) is 0. The summed E-state index contributed by atoms with van der Waals surface area (Å²) in [6, 6.07) is 15.9. The summed E-state index contributed by atoms with van der Waals surface area (Å²) in [4.78, 5) is 25.2. The van der Waals surface area contributed by atoms with Gasteiger partial charge in [-0.05, 0) is 12.5 Å². The highest BCUT2D eigenvalue weighted by Gasteiger charge is 2.18. The van der Waals surface area contributed by atoms with E-state index in [1.807, 2.05) is 18.2 Å². The van der Waals surface area contributed by atoms with E-state index in [9.17, 15) is 9.59 Å². The Kier molecular flexibility index (Phi) is 10.8. The molecule has 156 valence electrons. The third-order valence-corrected chi connectivity index (χ3v) is 5.16. The third kappa shape index (κ3) is 8.23. The standard InChI is InChI=1S/C26H34O3/c1-2-3-4-5-6-7-8-9-10-16-21-29-26(28)24-20-15-14-19-23(24)25(27)22-17-12-11-13-18-22/h11-15,17-20H,2-10,16,21H2,1H3. The van der Waals surface area contributed by atoms with Crippen LogP contribution in [-0.4, -0.2) is 18.4 Å². The van der Waals surface area contributed by atoms with Crippen molar-refractivity contribution < 1.29 is 14.3 Å². The van der Waals surface area contributed by atoms with E-state index < -0.39 is 5.97 Å². The first kappa shape index (κ1) is 22.9. The molecule has 0 aliphatic heterocycles. The summed E-state index contributed by atoms with van der Waals surface area (Å²) >= 11 is 0. The molecule has 2 aromatic carbocycles. The van der Waals surface area contributed by atoms with Gasteiger partial charge in [0.1, 0.15) is 0 Å². The Morgan fingerprint density at radius 2 is 1.17 bits per heavy atom. The number of ketones is 1. The summed E-state index contributed by atoms with van der Waals surface area (Å²) in [6.45, 7) is 2.65. The van der Waals surface area contributed by atoms with Crippen molar-refractivity contribution >= 4 is 11.8 Å². The van der Waals surface area contributed by atoms with E-state index in [0.717, 1.165) is 12.8 Å². The summed E-state index contributed by atoms with van der Waals surface area (Å²) in [5.41, 5.74) is 1.31. The van der Waals surface area contributed by atoms with Gasteiger partial charge in [0.05, 0.1) is 12.2 Å². The third-order valence-electron chi connectivity index (χ3n) is 5.16. The summed E-state index contributed by atoms with van der Waals surface area (Å²) in [5.74, 6) is -0.571. The molecule has 3 heteroatoms. The molecule has 0 fully saturated rings. The number of unbranched alkanes of at least 4 members (excludes halogenated alkanes) is 9. The molecule has 0 bridgehead atoms. The van der Waals surface area contributed by atoms with Gasteiger partial charge < -0.3 is 4.74 Å². The smallest absolute Gasteiger partial charge is 0.338 e. The van der Waals surface area contributed by atoms with E-state index in [4.69, 9.17) is 4.74 Å². The topological polar surface area (TPSA) is 43.4 Å². The summed E-state index contributed by atoms with van der Waals surface area (Å²) < 4.78 is 5.44. The lowest BCUT2D eigenvalue weighted by molar-refractivity contribution is 0.0495. The fraction of sp³-hybridized carbons (Fsp3) is 0.462. The van der Waals surface area contributed by atoms with Crippen LogP contribution >= 0.6 is 0 Å². The molecule has 0 saturated carbocycles. The molecule has 0 aliphatic carbocycles. The molecular weight excluding hydrogens is 360 g/mol. The van der Waals surface area contributed by atoms with Gasteiger partial charge in [-0.15, -0.1) is 0 Å². The lowest BCUT2D eigenvalue weighted by atomic mass is 9.98. The molecule has 2 aromatic rings. The van der Waals surface area contributed by atoms with Crippen molar-refractivity contribution in [2.45, 2.75) is 71.1 Å². The van der Waals surface area contributed by atoms with Gasteiger partial charge in [-0.1, -0.05) is 113 Å². The zero-order valence-electron chi connectivity index (χ0n) is 17.7. The van der Waals surface area contributed by atoms with Crippen molar-refractivity contribution in [3.63, 3.8) is 0 Å². The molecule has 29 heavy (non-hydrogen) atoms. The van der Waals surface area contributed by atoms with Crippen molar-refractivity contribution in [3.05, 3.63) is 71.3 Å². The van der Waals surface area contributed by atoms with Crippen LogP contribution in [-0.2, 0) is 4.74 Å². The van der Waals surface area contributed by atoms with Crippen molar-refractivity contribution in [2.75, 3.05) is 6.61 Å². The fourth-order valence-electron chi connectivity index (χ4n) is 3.44. The average Bonchev–Trinajstić information content (AvgIpc) is 2.77. The molecule has 2 rings (SSSR count). The van der Waals surface area contributed by atoms with E-state index in [1.54, 1.807) is 36.4 Å². The first-order valence-electron chi connectivity index (χ1n) is 11.1. The maximum atomic E-state index is 12.7. The highest BCUT2D eigenvalue weighted by Crippen LogP contribution is 2.16. The SMILES string of the molecule is CCCCCCCCCCCCOC(=O)c1ccccc1C(=O)c1ccccc1. The van der Waals surface area contributed by atoms with Gasteiger partial charge in [-0.3, -0.25) is 4.79 Å². The van der Waals surface area contributed by atoms with Crippen molar-refractivity contribution in [2.24, 2.45) is 0 Å². The van der Waals surface area contributed by atoms with Gasteiger partial charge in [-0.2, -0.15) is 0 Å². The molecule has 0 aliphatic rings. The molecular formula is C26H34O3. The molecule has 0 N–H and O–H groups in total. The molecule has 0 unspecified atom stereocenters. The highest BCUT2D eigenvalue weighted by molar-refractivity contribution is 6.14. The van der Waals surface area contributed by atoms with E-state index in [0.29, 0.717) is 23.3 Å². The Morgan fingerprint density at radius 3 is 1.79 bits per heavy atom. The lowest BCUT2D eigenvalue weighted by Crippen LogP contribution is -2.13. The first-order chi connectivity index (χ1) is 14.2. The molecule has 0 radical (unpaired) electrons. The monoisotopic (exact) mass is 394 g/mol. The van der Waals surface area contributed by atoms with Crippen LogP contribution in [0.1, 0.15) is 97.4 Å².